The van der Waals surface area contributed by atoms with E-state index >= 15 is 0 Å². The largest absolute Gasteiger partial charge is 0.437 e. The first-order chi connectivity index (χ1) is 9.83. The summed E-state index contributed by atoms with van der Waals surface area (Å²) in [5.41, 5.74) is 1.89. The highest BCUT2D eigenvalue weighted by Gasteiger charge is 2.09. The first kappa shape index (κ1) is 15.7. The summed E-state index contributed by atoms with van der Waals surface area (Å²) < 4.78 is 5.71. The minimum atomic E-state index is 0.0528. The van der Waals surface area contributed by atoms with Crippen LogP contribution in [0.15, 0.2) is 30.3 Å². The summed E-state index contributed by atoms with van der Waals surface area (Å²) in [4.78, 5) is 0. The molecule has 0 aliphatic rings. The summed E-state index contributed by atoms with van der Waals surface area (Å²) >= 11 is 5.92. The van der Waals surface area contributed by atoms with Gasteiger partial charge in [-0.15, -0.1) is 5.10 Å². The van der Waals surface area contributed by atoms with Crippen molar-refractivity contribution in [1.29, 1.82) is 0 Å². The monoisotopic (exact) mass is 305 g/mol. The molecular weight excluding hydrogens is 286 g/mol. The van der Waals surface area contributed by atoms with E-state index in [2.05, 4.69) is 36.3 Å². The fourth-order valence-corrected chi connectivity index (χ4v) is 1.92. The molecule has 2 rings (SSSR count). The predicted molar refractivity (Wildman–Crippen MR) is 84.9 cm³/mol. The third kappa shape index (κ3) is 4.99. The maximum absolute atomic E-state index is 5.92. The Kier molecular flexibility index (Phi) is 4.80. The van der Waals surface area contributed by atoms with Gasteiger partial charge in [0.15, 0.2) is 0 Å². The second-order valence-corrected chi connectivity index (χ2v) is 6.41. The van der Waals surface area contributed by atoms with E-state index in [1.54, 1.807) is 6.07 Å². The number of nitrogens with zero attached hydrogens (tertiary/aromatic N) is 2. The second-order valence-electron chi connectivity index (χ2n) is 5.98. The van der Waals surface area contributed by atoms with Gasteiger partial charge in [-0.3, -0.25) is 0 Å². The molecule has 0 aliphatic heterocycles. The third-order valence-corrected chi connectivity index (χ3v) is 3.08. The highest BCUT2D eigenvalue weighted by Crippen LogP contribution is 2.25. The van der Waals surface area contributed by atoms with Gasteiger partial charge in [0.2, 0.25) is 5.88 Å². The van der Waals surface area contributed by atoms with Crippen LogP contribution in [0.25, 0.3) is 0 Å². The minimum absolute atomic E-state index is 0.0528. The topological polar surface area (TPSA) is 47.0 Å². The lowest BCUT2D eigenvalue weighted by Gasteiger charge is -2.19. The molecule has 0 bridgehead atoms. The molecular formula is C16H20ClN3O. The van der Waals surface area contributed by atoms with E-state index < -0.39 is 0 Å². The van der Waals surface area contributed by atoms with Crippen molar-refractivity contribution in [2.24, 2.45) is 0 Å². The fraction of sp³-hybridized carbons (Fsp3) is 0.375. The van der Waals surface area contributed by atoms with Crippen LogP contribution >= 0.6 is 11.6 Å². The van der Waals surface area contributed by atoms with Crippen LogP contribution in [0, 0.1) is 6.92 Å². The van der Waals surface area contributed by atoms with Gasteiger partial charge in [-0.2, -0.15) is 5.10 Å². The van der Waals surface area contributed by atoms with Crippen molar-refractivity contribution in [2.45, 2.75) is 39.8 Å². The molecule has 21 heavy (non-hydrogen) atoms. The third-order valence-electron chi connectivity index (χ3n) is 2.85. The molecule has 0 saturated heterocycles. The average molecular weight is 306 g/mol. The second kappa shape index (κ2) is 6.41. The Hall–Kier alpha value is -1.65. The first-order valence-electron chi connectivity index (χ1n) is 6.85. The maximum Gasteiger partial charge on any atom is 0.238 e. The zero-order chi connectivity index (χ0) is 15.5. The standard InChI is InChI=1S/C16H20ClN3O/c1-11-9-12(17)5-7-14(11)21-15-8-6-13(19-20-15)10-18-16(2,3)4/h5-9,18H,10H2,1-4H3. The van der Waals surface area contributed by atoms with E-state index in [1.165, 1.54) is 0 Å². The van der Waals surface area contributed by atoms with E-state index in [1.807, 2.05) is 31.2 Å². The first-order valence-corrected chi connectivity index (χ1v) is 7.23. The van der Waals surface area contributed by atoms with Gasteiger partial charge in [0.1, 0.15) is 5.75 Å². The molecule has 0 unspecified atom stereocenters. The smallest absolute Gasteiger partial charge is 0.238 e. The number of halogens is 1. The number of ether oxygens (including phenoxy) is 1. The highest BCUT2D eigenvalue weighted by atomic mass is 35.5. The normalized spacial score (nSPS) is 11.5. The number of rotatable bonds is 4. The Morgan fingerprint density at radius 2 is 1.90 bits per heavy atom. The fourth-order valence-electron chi connectivity index (χ4n) is 1.69. The number of hydrogen-bond acceptors (Lipinski definition) is 4. The molecule has 1 aromatic carbocycles. The summed E-state index contributed by atoms with van der Waals surface area (Å²) in [6.07, 6.45) is 0. The van der Waals surface area contributed by atoms with Gasteiger partial charge in [0.05, 0.1) is 5.69 Å². The summed E-state index contributed by atoms with van der Waals surface area (Å²) in [5.74, 6) is 1.20. The van der Waals surface area contributed by atoms with Crippen LogP contribution in [0.3, 0.4) is 0 Å². The zero-order valence-electron chi connectivity index (χ0n) is 12.8. The average Bonchev–Trinajstić information content (AvgIpc) is 2.40. The van der Waals surface area contributed by atoms with Crippen LogP contribution < -0.4 is 10.1 Å². The molecule has 0 radical (unpaired) electrons. The van der Waals surface area contributed by atoms with Gasteiger partial charge in [-0.25, -0.2) is 0 Å². The van der Waals surface area contributed by atoms with Crippen LogP contribution in [0.4, 0.5) is 0 Å². The summed E-state index contributed by atoms with van der Waals surface area (Å²) in [7, 11) is 0. The van der Waals surface area contributed by atoms with Gasteiger partial charge in [-0.1, -0.05) is 11.6 Å². The van der Waals surface area contributed by atoms with Gasteiger partial charge in [-0.05, 0) is 57.5 Å². The van der Waals surface area contributed by atoms with Gasteiger partial charge < -0.3 is 10.1 Å². The van der Waals surface area contributed by atoms with Gasteiger partial charge in [0, 0.05) is 23.2 Å². The van der Waals surface area contributed by atoms with Crippen LogP contribution in [0.2, 0.25) is 5.02 Å². The number of aryl methyl sites for hydroxylation is 1. The Morgan fingerprint density at radius 3 is 2.48 bits per heavy atom. The van der Waals surface area contributed by atoms with Crippen molar-refractivity contribution < 1.29 is 4.74 Å². The van der Waals surface area contributed by atoms with Crippen LogP contribution in [0.5, 0.6) is 11.6 Å². The van der Waals surface area contributed by atoms with Gasteiger partial charge >= 0.3 is 0 Å². The Balaban J connectivity index is 2.02. The molecule has 0 spiro atoms. The quantitative estimate of drug-likeness (QED) is 0.923. The molecule has 1 aromatic heterocycles. The summed E-state index contributed by atoms with van der Waals surface area (Å²) in [6.45, 7) is 8.96. The molecule has 5 heteroatoms. The molecule has 4 nitrogen and oxygen atoms in total. The molecule has 112 valence electrons. The lowest BCUT2D eigenvalue weighted by molar-refractivity contribution is 0.416. The minimum Gasteiger partial charge on any atom is -0.437 e. The zero-order valence-corrected chi connectivity index (χ0v) is 13.5. The van der Waals surface area contributed by atoms with Crippen LogP contribution in [-0.2, 0) is 6.54 Å². The van der Waals surface area contributed by atoms with Crippen molar-refractivity contribution in [1.82, 2.24) is 15.5 Å². The molecule has 0 amide bonds. The van der Waals surface area contributed by atoms with E-state index in [4.69, 9.17) is 16.3 Å². The van der Waals surface area contributed by atoms with Crippen LogP contribution in [-0.4, -0.2) is 15.7 Å². The van der Waals surface area contributed by atoms with Gasteiger partial charge in [0.25, 0.3) is 0 Å². The molecule has 0 fully saturated rings. The maximum atomic E-state index is 5.92. The van der Waals surface area contributed by atoms with Crippen molar-refractivity contribution in [3.63, 3.8) is 0 Å². The molecule has 1 N–H and O–H groups in total. The lowest BCUT2D eigenvalue weighted by atomic mass is 10.1. The van der Waals surface area contributed by atoms with Crippen molar-refractivity contribution in [3.8, 4) is 11.6 Å². The van der Waals surface area contributed by atoms with E-state index in [0.29, 0.717) is 17.4 Å². The summed E-state index contributed by atoms with van der Waals surface area (Å²) in [6, 6.07) is 9.20. The lowest BCUT2D eigenvalue weighted by Crippen LogP contribution is -2.35. The Bertz CT molecular complexity index is 606. The number of aromatic nitrogens is 2. The SMILES string of the molecule is Cc1cc(Cl)ccc1Oc1ccc(CNC(C)(C)C)nn1. The molecule has 0 saturated carbocycles. The summed E-state index contributed by atoms with van der Waals surface area (Å²) in [5, 5.41) is 12.3. The van der Waals surface area contributed by atoms with E-state index in [9.17, 15) is 0 Å². The van der Waals surface area contributed by atoms with Crippen molar-refractivity contribution in [2.75, 3.05) is 0 Å². The molecule has 0 aliphatic carbocycles. The van der Waals surface area contributed by atoms with Crippen molar-refractivity contribution >= 4 is 11.6 Å². The highest BCUT2D eigenvalue weighted by molar-refractivity contribution is 6.30. The Morgan fingerprint density at radius 1 is 1.14 bits per heavy atom. The van der Waals surface area contributed by atoms with Crippen molar-refractivity contribution in [3.05, 3.63) is 46.6 Å². The number of benzene rings is 1. The van der Waals surface area contributed by atoms with E-state index in [0.717, 1.165) is 17.0 Å². The number of nitrogens with one attached hydrogen (secondary N) is 1. The molecule has 1 heterocycles. The molecule has 2 aromatic rings. The van der Waals surface area contributed by atoms with Crippen LogP contribution in [0.1, 0.15) is 32.0 Å². The Labute approximate surface area is 130 Å². The molecule has 0 atom stereocenters. The predicted octanol–water partition coefficient (Wildman–Crippen LogP) is 4.12. The number of hydrogen-bond donors (Lipinski definition) is 1. The van der Waals surface area contributed by atoms with E-state index in [-0.39, 0.29) is 5.54 Å².